The number of ether oxygens (including phenoxy) is 1. The third kappa shape index (κ3) is 7.39. The number of hydrogen-bond donors (Lipinski definition) is 2. The van der Waals surface area contributed by atoms with Crippen molar-refractivity contribution in [3.63, 3.8) is 0 Å². The minimum absolute atomic E-state index is 0.126. The highest BCUT2D eigenvalue weighted by molar-refractivity contribution is 7.09. The molecule has 0 saturated carbocycles. The van der Waals surface area contributed by atoms with Gasteiger partial charge in [0.2, 0.25) is 11.8 Å². The van der Waals surface area contributed by atoms with Gasteiger partial charge in [0.1, 0.15) is 0 Å². The molecule has 0 aliphatic carbocycles. The number of thiophene rings is 1. The molecular formula is C19H29N5O4S. The molecule has 2 fully saturated rings. The first-order valence-corrected chi connectivity index (χ1v) is 10.9. The Morgan fingerprint density at radius 1 is 1.00 bits per heavy atom. The summed E-state index contributed by atoms with van der Waals surface area (Å²) in [5.41, 5.74) is 0. The number of nitrogens with zero attached hydrogens (tertiary/aromatic N) is 3. The van der Waals surface area contributed by atoms with E-state index in [1.807, 2.05) is 27.3 Å². The van der Waals surface area contributed by atoms with Crippen molar-refractivity contribution in [2.45, 2.75) is 6.42 Å². The highest BCUT2D eigenvalue weighted by Crippen LogP contribution is 2.08. The van der Waals surface area contributed by atoms with Gasteiger partial charge in [-0.05, 0) is 17.9 Å². The lowest BCUT2D eigenvalue weighted by Gasteiger charge is -2.36. The lowest BCUT2D eigenvalue weighted by atomic mass is 10.3. The molecule has 1 aromatic heterocycles. The average molecular weight is 424 g/mol. The van der Waals surface area contributed by atoms with Gasteiger partial charge >= 0.3 is 6.03 Å². The van der Waals surface area contributed by atoms with Crippen LogP contribution in [0.15, 0.2) is 17.5 Å². The predicted molar refractivity (Wildman–Crippen MR) is 110 cm³/mol. The van der Waals surface area contributed by atoms with E-state index in [-0.39, 0.29) is 18.4 Å². The van der Waals surface area contributed by atoms with E-state index in [1.165, 1.54) is 4.88 Å². The summed E-state index contributed by atoms with van der Waals surface area (Å²) in [6, 6.07) is 3.52. The molecule has 2 saturated heterocycles. The van der Waals surface area contributed by atoms with Crippen LogP contribution < -0.4 is 10.6 Å². The van der Waals surface area contributed by atoms with Crippen molar-refractivity contribution in [1.82, 2.24) is 25.3 Å². The van der Waals surface area contributed by atoms with E-state index in [0.29, 0.717) is 52.5 Å². The van der Waals surface area contributed by atoms with E-state index in [4.69, 9.17) is 4.74 Å². The lowest BCUT2D eigenvalue weighted by molar-refractivity contribution is -0.135. The van der Waals surface area contributed by atoms with Gasteiger partial charge in [-0.3, -0.25) is 24.7 Å². The van der Waals surface area contributed by atoms with Crippen LogP contribution in [0.4, 0.5) is 4.79 Å². The molecule has 29 heavy (non-hydrogen) atoms. The number of hydrogen-bond acceptors (Lipinski definition) is 7. The maximum absolute atomic E-state index is 12.4. The molecule has 0 spiro atoms. The van der Waals surface area contributed by atoms with Gasteiger partial charge in [-0.1, -0.05) is 6.07 Å². The highest BCUT2D eigenvalue weighted by Gasteiger charge is 2.24. The minimum Gasteiger partial charge on any atom is -0.379 e. The van der Waals surface area contributed by atoms with Gasteiger partial charge in [0.25, 0.3) is 0 Å². The molecule has 4 amide bonds. The Labute approximate surface area is 175 Å². The van der Waals surface area contributed by atoms with Gasteiger partial charge < -0.3 is 15.0 Å². The van der Waals surface area contributed by atoms with E-state index >= 15 is 0 Å². The van der Waals surface area contributed by atoms with Gasteiger partial charge in [-0.2, -0.15) is 0 Å². The number of piperazine rings is 1. The summed E-state index contributed by atoms with van der Waals surface area (Å²) in [5.74, 6) is -0.201. The normalized spacial score (nSPS) is 18.4. The van der Waals surface area contributed by atoms with Gasteiger partial charge in [0.15, 0.2) is 0 Å². The number of imide groups is 1. The van der Waals surface area contributed by atoms with Crippen LogP contribution in [-0.4, -0.2) is 105 Å². The number of carbonyl (C=O) groups is 3. The van der Waals surface area contributed by atoms with E-state index in [0.717, 1.165) is 19.5 Å². The van der Waals surface area contributed by atoms with Crippen LogP contribution in [0.5, 0.6) is 0 Å². The van der Waals surface area contributed by atoms with Crippen molar-refractivity contribution in [2.24, 2.45) is 0 Å². The van der Waals surface area contributed by atoms with Crippen molar-refractivity contribution in [3.8, 4) is 0 Å². The number of amides is 4. The molecule has 1 aromatic rings. The maximum atomic E-state index is 12.4. The fourth-order valence-corrected chi connectivity index (χ4v) is 4.08. The predicted octanol–water partition coefficient (Wildman–Crippen LogP) is -0.407. The van der Waals surface area contributed by atoms with Crippen molar-refractivity contribution in [2.75, 3.05) is 72.1 Å². The maximum Gasteiger partial charge on any atom is 0.321 e. The van der Waals surface area contributed by atoms with Crippen LogP contribution in [0.1, 0.15) is 4.88 Å². The molecule has 2 aliphatic rings. The number of carbonyl (C=O) groups excluding carboxylic acids is 3. The zero-order chi connectivity index (χ0) is 20.5. The molecular weight excluding hydrogens is 394 g/mol. The molecule has 10 heteroatoms. The molecule has 9 nitrogen and oxygen atoms in total. The smallest absolute Gasteiger partial charge is 0.321 e. The van der Waals surface area contributed by atoms with E-state index in [9.17, 15) is 14.4 Å². The molecule has 0 unspecified atom stereocenters. The summed E-state index contributed by atoms with van der Waals surface area (Å²) in [6.07, 6.45) is 0.750. The lowest BCUT2D eigenvalue weighted by Crippen LogP contribution is -2.54. The second kappa shape index (κ2) is 11.2. The molecule has 0 bridgehead atoms. The monoisotopic (exact) mass is 423 g/mol. The van der Waals surface area contributed by atoms with Crippen LogP contribution in [0, 0.1) is 0 Å². The third-order valence-corrected chi connectivity index (χ3v) is 5.98. The summed E-state index contributed by atoms with van der Waals surface area (Å²) in [5, 5.41) is 7.06. The zero-order valence-corrected chi connectivity index (χ0v) is 17.4. The van der Waals surface area contributed by atoms with Crippen LogP contribution in [0.2, 0.25) is 0 Å². The molecule has 2 aliphatic heterocycles. The Balaban J connectivity index is 1.28. The summed E-state index contributed by atoms with van der Waals surface area (Å²) in [7, 11) is 0. The van der Waals surface area contributed by atoms with Gasteiger partial charge in [-0.15, -0.1) is 11.3 Å². The second-order valence-corrected chi connectivity index (χ2v) is 8.21. The largest absolute Gasteiger partial charge is 0.379 e. The van der Waals surface area contributed by atoms with Crippen LogP contribution in [0.25, 0.3) is 0 Å². The summed E-state index contributed by atoms with van der Waals surface area (Å²) < 4.78 is 5.30. The second-order valence-electron chi connectivity index (χ2n) is 7.18. The Morgan fingerprint density at radius 2 is 1.72 bits per heavy atom. The van der Waals surface area contributed by atoms with Crippen molar-refractivity contribution in [1.29, 1.82) is 0 Å². The third-order valence-electron chi connectivity index (χ3n) is 5.04. The average Bonchev–Trinajstić information content (AvgIpc) is 3.22. The van der Waals surface area contributed by atoms with E-state index in [1.54, 1.807) is 11.3 Å². The summed E-state index contributed by atoms with van der Waals surface area (Å²) in [4.78, 5) is 43.4. The molecule has 0 atom stereocenters. The van der Waals surface area contributed by atoms with Gasteiger partial charge in [0.05, 0.1) is 26.3 Å². The van der Waals surface area contributed by atoms with Gasteiger partial charge in [-0.25, -0.2) is 4.79 Å². The molecule has 160 valence electrons. The Bertz CT molecular complexity index is 670. The quantitative estimate of drug-likeness (QED) is 0.620. The van der Waals surface area contributed by atoms with Crippen LogP contribution in [-0.2, 0) is 20.7 Å². The SMILES string of the molecule is O=C(CN1CCN(C(=O)CN2CCOCC2)CC1)NC(=O)NCCc1cccs1. The molecule has 3 heterocycles. The van der Waals surface area contributed by atoms with Crippen LogP contribution in [0.3, 0.4) is 0 Å². The Kier molecular flexibility index (Phi) is 8.41. The fourth-order valence-electron chi connectivity index (χ4n) is 3.37. The van der Waals surface area contributed by atoms with Crippen molar-refractivity contribution < 1.29 is 19.1 Å². The summed E-state index contributed by atoms with van der Waals surface area (Å²) in [6.45, 7) is 6.47. The number of nitrogens with one attached hydrogen (secondary N) is 2. The van der Waals surface area contributed by atoms with Crippen LogP contribution >= 0.6 is 11.3 Å². The first kappa shape index (κ1) is 21.7. The molecule has 3 rings (SSSR count). The van der Waals surface area contributed by atoms with E-state index in [2.05, 4.69) is 15.5 Å². The van der Waals surface area contributed by atoms with Crippen molar-refractivity contribution >= 4 is 29.2 Å². The topological polar surface area (TPSA) is 94.2 Å². The van der Waals surface area contributed by atoms with Gasteiger partial charge in [0, 0.05) is 50.7 Å². The Hall–Kier alpha value is -2.01. The van der Waals surface area contributed by atoms with E-state index < -0.39 is 6.03 Å². The number of rotatable bonds is 7. The first-order chi connectivity index (χ1) is 14.1. The van der Waals surface area contributed by atoms with Crippen molar-refractivity contribution in [3.05, 3.63) is 22.4 Å². The first-order valence-electron chi connectivity index (χ1n) is 10.0. The standard InChI is InChI=1S/C19H29N5O4S/c25-17(21-19(27)20-4-3-16-2-1-13-29-16)14-22-5-7-24(8-6-22)18(26)15-23-9-11-28-12-10-23/h1-2,13H,3-12,14-15H2,(H2,20,21,25,27). The molecule has 0 radical (unpaired) electrons. The number of urea groups is 1. The fraction of sp³-hybridized carbons (Fsp3) is 0.632. The zero-order valence-electron chi connectivity index (χ0n) is 16.6. The summed E-state index contributed by atoms with van der Waals surface area (Å²) >= 11 is 1.64. The Morgan fingerprint density at radius 3 is 2.41 bits per heavy atom. The molecule has 2 N–H and O–H groups in total. The number of morpholine rings is 1. The minimum atomic E-state index is -0.467. The molecule has 0 aromatic carbocycles. The highest BCUT2D eigenvalue weighted by atomic mass is 32.1.